The van der Waals surface area contributed by atoms with Gasteiger partial charge in [0.15, 0.2) is 0 Å². The minimum Gasteiger partial charge on any atom is -0.357 e. The van der Waals surface area contributed by atoms with Crippen LogP contribution in [0.2, 0.25) is 0 Å². The van der Waals surface area contributed by atoms with Gasteiger partial charge in [-0.1, -0.05) is 12.1 Å². The first-order chi connectivity index (χ1) is 7.84. The molecule has 16 heavy (non-hydrogen) atoms. The van der Waals surface area contributed by atoms with Crippen LogP contribution in [0.25, 0.3) is 10.8 Å². The topological polar surface area (TPSA) is 16.1 Å². The van der Waals surface area contributed by atoms with E-state index in [0.29, 0.717) is 0 Å². The number of benzene rings is 1. The van der Waals surface area contributed by atoms with Crippen molar-refractivity contribution < 1.29 is 0 Å². The Hall–Kier alpha value is -0.840. The summed E-state index contributed by atoms with van der Waals surface area (Å²) in [6, 6.07) is 8.61. The van der Waals surface area contributed by atoms with Crippen LogP contribution in [0.3, 0.4) is 0 Å². The molecule has 0 N–H and O–H groups in total. The van der Waals surface area contributed by atoms with Gasteiger partial charge in [0.25, 0.3) is 0 Å². The Labute approximate surface area is 109 Å². The van der Waals surface area contributed by atoms with E-state index in [2.05, 4.69) is 56.7 Å². The maximum Gasteiger partial charge on any atom is 0.129 e. The van der Waals surface area contributed by atoms with Gasteiger partial charge in [-0.2, -0.15) is 0 Å². The molecule has 1 aromatic carbocycles. The zero-order valence-corrected chi connectivity index (χ0v) is 11.1. The molecule has 0 radical (unpaired) electrons. The summed E-state index contributed by atoms with van der Waals surface area (Å²) in [6.45, 7) is 2.31. The third-order valence-electron chi connectivity index (χ3n) is 3.13. The predicted molar refractivity (Wildman–Crippen MR) is 75.9 cm³/mol. The van der Waals surface area contributed by atoms with Crippen LogP contribution in [0.15, 0.2) is 30.5 Å². The number of fused-ring (bicyclic) bond motifs is 1. The molecule has 82 valence electrons. The number of nitrogens with zero attached hydrogens (tertiary/aromatic N) is 2. The van der Waals surface area contributed by atoms with Crippen molar-refractivity contribution in [3.63, 3.8) is 0 Å². The van der Waals surface area contributed by atoms with Crippen LogP contribution < -0.4 is 4.90 Å². The molecule has 0 aliphatic carbocycles. The van der Waals surface area contributed by atoms with Crippen molar-refractivity contribution in [2.45, 2.75) is 12.8 Å². The average Bonchev–Trinajstić information content (AvgIpc) is 2.82. The largest absolute Gasteiger partial charge is 0.357 e. The molecular formula is C13H13IN2. The fourth-order valence-corrected chi connectivity index (χ4v) is 2.90. The highest BCUT2D eigenvalue weighted by Crippen LogP contribution is 2.25. The van der Waals surface area contributed by atoms with E-state index in [1.54, 1.807) is 0 Å². The van der Waals surface area contributed by atoms with Gasteiger partial charge < -0.3 is 4.90 Å². The van der Waals surface area contributed by atoms with E-state index in [0.717, 1.165) is 18.9 Å². The van der Waals surface area contributed by atoms with Crippen LogP contribution in [-0.2, 0) is 0 Å². The SMILES string of the molecule is Ic1cccc2cc(N3CCCC3)ncc12. The van der Waals surface area contributed by atoms with Crippen molar-refractivity contribution in [1.29, 1.82) is 0 Å². The Bertz CT molecular complexity index is 518. The number of hydrogen-bond donors (Lipinski definition) is 0. The fraction of sp³-hybridized carbons (Fsp3) is 0.308. The van der Waals surface area contributed by atoms with Gasteiger partial charge in [0.2, 0.25) is 0 Å². The second-order valence-corrected chi connectivity index (χ2v) is 5.36. The normalized spacial score (nSPS) is 15.9. The Morgan fingerprint density at radius 3 is 2.81 bits per heavy atom. The molecule has 1 aliphatic rings. The van der Waals surface area contributed by atoms with Gasteiger partial charge in [0.1, 0.15) is 5.82 Å². The molecule has 1 saturated heterocycles. The smallest absolute Gasteiger partial charge is 0.129 e. The molecule has 2 nitrogen and oxygen atoms in total. The number of rotatable bonds is 1. The van der Waals surface area contributed by atoms with Gasteiger partial charge in [0, 0.05) is 28.2 Å². The van der Waals surface area contributed by atoms with E-state index in [9.17, 15) is 0 Å². The minimum atomic E-state index is 1.13. The van der Waals surface area contributed by atoms with E-state index >= 15 is 0 Å². The third-order valence-corrected chi connectivity index (χ3v) is 4.07. The highest BCUT2D eigenvalue weighted by molar-refractivity contribution is 14.1. The molecule has 0 amide bonds. The standard InChI is InChI=1S/C13H13IN2/c14-12-5-3-4-10-8-13(15-9-11(10)12)16-6-1-2-7-16/h3-5,8-9H,1-2,6-7H2. The lowest BCUT2D eigenvalue weighted by Gasteiger charge is -2.16. The van der Waals surface area contributed by atoms with Crippen LogP contribution >= 0.6 is 22.6 Å². The maximum atomic E-state index is 4.57. The Morgan fingerprint density at radius 2 is 2.00 bits per heavy atom. The lowest BCUT2D eigenvalue weighted by molar-refractivity contribution is 0.940. The number of anilines is 1. The zero-order valence-electron chi connectivity index (χ0n) is 8.99. The van der Waals surface area contributed by atoms with Gasteiger partial charge in [0.05, 0.1) is 0 Å². The van der Waals surface area contributed by atoms with E-state index in [4.69, 9.17) is 0 Å². The van der Waals surface area contributed by atoms with E-state index in [-0.39, 0.29) is 0 Å². The summed E-state index contributed by atoms with van der Waals surface area (Å²) in [7, 11) is 0. The molecule has 0 saturated carbocycles. The quantitative estimate of drug-likeness (QED) is 0.747. The predicted octanol–water partition coefficient (Wildman–Crippen LogP) is 3.44. The molecule has 0 atom stereocenters. The maximum absolute atomic E-state index is 4.57. The van der Waals surface area contributed by atoms with Crippen LogP contribution in [0.4, 0.5) is 5.82 Å². The molecule has 1 aliphatic heterocycles. The van der Waals surface area contributed by atoms with Crippen molar-refractivity contribution in [1.82, 2.24) is 4.98 Å². The van der Waals surface area contributed by atoms with E-state index < -0.39 is 0 Å². The second-order valence-electron chi connectivity index (χ2n) is 4.20. The summed E-state index contributed by atoms with van der Waals surface area (Å²) < 4.78 is 1.27. The summed E-state index contributed by atoms with van der Waals surface area (Å²) in [5, 5.41) is 2.55. The molecule has 1 fully saturated rings. The Balaban J connectivity index is 2.08. The van der Waals surface area contributed by atoms with Crippen molar-refractivity contribution in [2.24, 2.45) is 0 Å². The van der Waals surface area contributed by atoms with Crippen LogP contribution in [-0.4, -0.2) is 18.1 Å². The highest BCUT2D eigenvalue weighted by Gasteiger charge is 2.13. The van der Waals surface area contributed by atoms with Crippen LogP contribution in [0.1, 0.15) is 12.8 Å². The van der Waals surface area contributed by atoms with Crippen molar-refractivity contribution in [2.75, 3.05) is 18.0 Å². The molecule has 2 heterocycles. The summed E-state index contributed by atoms with van der Waals surface area (Å²) in [6.07, 6.45) is 4.60. The molecule has 1 aromatic heterocycles. The lowest BCUT2D eigenvalue weighted by atomic mass is 10.2. The van der Waals surface area contributed by atoms with Gasteiger partial charge in [-0.15, -0.1) is 0 Å². The summed E-state index contributed by atoms with van der Waals surface area (Å²) in [5.41, 5.74) is 0. The van der Waals surface area contributed by atoms with Crippen LogP contribution in [0, 0.1) is 3.57 Å². The Morgan fingerprint density at radius 1 is 1.19 bits per heavy atom. The monoisotopic (exact) mass is 324 g/mol. The number of pyridine rings is 1. The van der Waals surface area contributed by atoms with Gasteiger partial charge >= 0.3 is 0 Å². The van der Waals surface area contributed by atoms with E-state index in [1.165, 1.54) is 27.2 Å². The second kappa shape index (κ2) is 4.20. The van der Waals surface area contributed by atoms with Crippen molar-refractivity contribution in [3.8, 4) is 0 Å². The lowest BCUT2D eigenvalue weighted by Crippen LogP contribution is -2.18. The average molecular weight is 324 g/mol. The molecule has 0 bridgehead atoms. The first-order valence-electron chi connectivity index (χ1n) is 5.64. The van der Waals surface area contributed by atoms with Gasteiger partial charge in [-0.05, 0) is 53.0 Å². The number of halogens is 1. The van der Waals surface area contributed by atoms with Gasteiger partial charge in [-0.3, -0.25) is 0 Å². The number of hydrogen-bond acceptors (Lipinski definition) is 2. The minimum absolute atomic E-state index is 1.13. The fourth-order valence-electron chi connectivity index (χ4n) is 2.24. The summed E-state index contributed by atoms with van der Waals surface area (Å²) >= 11 is 2.36. The highest BCUT2D eigenvalue weighted by atomic mass is 127. The van der Waals surface area contributed by atoms with E-state index in [1.807, 2.05) is 6.20 Å². The molecule has 2 aromatic rings. The molecular weight excluding hydrogens is 311 g/mol. The zero-order chi connectivity index (χ0) is 11.0. The van der Waals surface area contributed by atoms with Crippen LogP contribution in [0.5, 0.6) is 0 Å². The summed E-state index contributed by atoms with van der Waals surface area (Å²) in [5.74, 6) is 1.13. The summed E-state index contributed by atoms with van der Waals surface area (Å²) in [4.78, 5) is 6.95. The van der Waals surface area contributed by atoms with Crippen molar-refractivity contribution >= 4 is 39.2 Å². The molecule has 3 rings (SSSR count). The van der Waals surface area contributed by atoms with Crippen molar-refractivity contribution in [3.05, 3.63) is 34.0 Å². The molecule has 0 spiro atoms. The third kappa shape index (κ3) is 1.77. The first kappa shape index (κ1) is 10.3. The molecule has 0 unspecified atom stereocenters. The Kier molecular flexibility index (Phi) is 2.71. The number of aromatic nitrogens is 1. The van der Waals surface area contributed by atoms with Gasteiger partial charge in [-0.25, -0.2) is 4.98 Å². The molecule has 3 heteroatoms. The first-order valence-corrected chi connectivity index (χ1v) is 6.72.